The van der Waals surface area contributed by atoms with Crippen LogP contribution in [0.4, 0.5) is 11.8 Å². The van der Waals surface area contributed by atoms with Crippen LogP contribution in [0.1, 0.15) is 25.7 Å². The summed E-state index contributed by atoms with van der Waals surface area (Å²) >= 11 is 0. The summed E-state index contributed by atoms with van der Waals surface area (Å²) < 4.78 is 5.13. The van der Waals surface area contributed by atoms with E-state index in [0.29, 0.717) is 6.61 Å². The lowest BCUT2D eigenvalue weighted by Crippen LogP contribution is -2.26. The minimum Gasteiger partial charge on any atom is -0.383 e. The van der Waals surface area contributed by atoms with E-state index in [1.807, 2.05) is 24.3 Å². The number of benzene rings is 1. The largest absolute Gasteiger partial charge is 0.383 e. The second kappa shape index (κ2) is 8.64. The van der Waals surface area contributed by atoms with Crippen LogP contribution in [0.25, 0.3) is 11.3 Å². The van der Waals surface area contributed by atoms with Gasteiger partial charge in [0.2, 0.25) is 5.95 Å². The fraction of sp³-hybridized carbons (Fsp3) is 0.474. The van der Waals surface area contributed by atoms with Crippen LogP contribution in [-0.4, -0.2) is 43.3 Å². The highest BCUT2D eigenvalue weighted by Crippen LogP contribution is 2.24. The van der Waals surface area contributed by atoms with E-state index in [1.54, 1.807) is 7.11 Å². The predicted octanol–water partition coefficient (Wildman–Crippen LogP) is 3.58. The first-order chi connectivity index (χ1) is 11.9. The molecule has 3 rings (SSSR count). The summed E-state index contributed by atoms with van der Waals surface area (Å²) in [6.07, 6.45) is 5.03. The third kappa shape index (κ3) is 4.45. The Morgan fingerprint density at radius 1 is 1.04 bits per heavy atom. The third-order valence-electron chi connectivity index (χ3n) is 4.29. The van der Waals surface area contributed by atoms with Gasteiger partial charge in [0.25, 0.3) is 0 Å². The van der Waals surface area contributed by atoms with E-state index >= 15 is 0 Å². The molecule has 0 radical (unpaired) electrons. The Hall–Kier alpha value is -2.14. The molecule has 1 aliphatic rings. The molecule has 128 valence electrons. The van der Waals surface area contributed by atoms with E-state index < -0.39 is 0 Å². The van der Waals surface area contributed by atoms with Gasteiger partial charge in [-0.05, 0) is 12.8 Å². The molecule has 0 saturated carbocycles. The van der Waals surface area contributed by atoms with Gasteiger partial charge in [0, 0.05) is 38.4 Å². The first-order valence-corrected chi connectivity index (χ1v) is 8.79. The van der Waals surface area contributed by atoms with Crippen molar-refractivity contribution in [3.8, 4) is 11.3 Å². The SMILES string of the molecule is COCCNc1cc(-c2ccccc2)nc(N2CCCCCC2)n1. The molecule has 1 aliphatic heterocycles. The number of nitrogens with one attached hydrogen (secondary N) is 1. The van der Waals surface area contributed by atoms with Crippen LogP contribution < -0.4 is 10.2 Å². The highest BCUT2D eigenvalue weighted by molar-refractivity contribution is 5.64. The minimum absolute atomic E-state index is 0.656. The van der Waals surface area contributed by atoms with Crippen molar-refractivity contribution < 1.29 is 4.74 Å². The van der Waals surface area contributed by atoms with Crippen molar-refractivity contribution in [3.63, 3.8) is 0 Å². The topological polar surface area (TPSA) is 50.3 Å². The summed E-state index contributed by atoms with van der Waals surface area (Å²) in [4.78, 5) is 11.9. The molecular formula is C19H26N4O. The number of nitrogens with zero attached hydrogens (tertiary/aromatic N) is 3. The Morgan fingerprint density at radius 2 is 1.79 bits per heavy atom. The number of hydrogen-bond donors (Lipinski definition) is 1. The zero-order valence-electron chi connectivity index (χ0n) is 14.4. The molecular weight excluding hydrogens is 300 g/mol. The van der Waals surface area contributed by atoms with Gasteiger partial charge < -0.3 is 15.0 Å². The van der Waals surface area contributed by atoms with Crippen LogP contribution >= 0.6 is 0 Å². The van der Waals surface area contributed by atoms with Crippen molar-refractivity contribution in [3.05, 3.63) is 36.4 Å². The van der Waals surface area contributed by atoms with E-state index in [4.69, 9.17) is 14.7 Å². The minimum atomic E-state index is 0.656. The summed E-state index contributed by atoms with van der Waals surface area (Å²) in [6, 6.07) is 12.3. The van der Waals surface area contributed by atoms with E-state index in [0.717, 1.165) is 42.7 Å². The van der Waals surface area contributed by atoms with Gasteiger partial charge in [0.05, 0.1) is 12.3 Å². The summed E-state index contributed by atoms with van der Waals surface area (Å²) in [5.74, 6) is 1.69. The zero-order chi connectivity index (χ0) is 16.6. The molecule has 1 N–H and O–H groups in total. The summed E-state index contributed by atoms with van der Waals surface area (Å²) in [5.41, 5.74) is 2.08. The van der Waals surface area contributed by atoms with E-state index in [2.05, 4.69) is 22.3 Å². The van der Waals surface area contributed by atoms with Gasteiger partial charge in [0.1, 0.15) is 5.82 Å². The molecule has 1 saturated heterocycles. The number of anilines is 2. The van der Waals surface area contributed by atoms with Gasteiger partial charge in [-0.3, -0.25) is 0 Å². The predicted molar refractivity (Wildman–Crippen MR) is 98.5 cm³/mol. The maximum Gasteiger partial charge on any atom is 0.227 e. The lowest BCUT2D eigenvalue weighted by atomic mass is 10.1. The lowest BCUT2D eigenvalue weighted by molar-refractivity contribution is 0.210. The fourth-order valence-electron chi connectivity index (χ4n) is 2.98. The van der Waals surface area contributed by atoms with Gasteiger partial charge in [-0.2, -0.15) is 4.98 Å². The van der Waals surface area contributed by atoms with Crippen LogP contribution in [0.2, 0.25) is 0 Å². The normalized spacial score (nSPS) is 15.1. The van der Waals surface area contributed by atoms with Gasteiger partial charge in [-0.1, -0.05) is 43.2 Å². The van der Waals surface area contributed by atoms with Crippen molar-refractivity contribution >= 4 is 11.8 Å². The number of methoxy groups -OCH3 is 1. The molecule has 2 aromatic rings. The van der Waals surface area contributed by atoms with E-state index in [1.165, 1.54) is 25.7 Å². The van der Waals surface area contributed by atoms with Crippen LogP contribution in [0.15, 0.2) is 36.4 Å². The highest BCUT2D eigenvalue weighted by Gasteiger charge is 2.15. The third-order valence-corrected chi connectivity index (χ3v) is 4.29. The summed E-state index contributed by atoms with van der Waals surface area (Å²) in [5, 5.41) is 3.35. The van der Waals surface area contributed by atoms with Crippen LogP contribution in [0.5, 0.6) is 0 Å². The maximum absolute atomic E-state index is 5.13. The Morgan fingerprint density at radius 3 is 2.50 bits per heavy atom. The molecule has 0 bridgehead atoms. The van der Waals surface area contributed by atoms with Crippen LogP contribution in [-0.2, 0) is 4.74 Å². The average Bonchev–Trinajstić information content (AvgIpc) is 2.92. The zero-order valence-corrected chi connectivity index (χ0v) is 14.4. The van der Waals surface area contributed by atoms with E-state index in [-0.39, 0.29) is 0 Å². The van der Waals surface area contributed by atoms with Gasteiger partial charge in [-0.15, -0.1) is 0 Å². The molecule has 2 heterocycles. The molecule has 0 atom stereocenters. The molecule has 0 spiro atoms. The Bertz CT molecular complexity index is 625. The molecule has 5 heteroatoms. The standard InChI is InChI=1S/C19H26N4O/c1-24-14-11-20-18-15-17(16-9-5-4-6-10-16)21-19(22-18)23-12-7-2-3-8-13-23/h4-6,9-10,15H,2-3,7-8,11-14H2,1H3,(H,20,21,22). The van der Waals surface area contributed by atoms with Crippen molar-refractivity contribution in [1.82, 2.24) is 9.97 Å². The number of ether oxygens (including phenoxy) is 1. The monoisotopic (exact) mass is 326 g/mol. The molecule has 0 aliphatic carbocycles. The molecule has 5 nitrogen and oxygen atoms in total. The second-order valence-corrected chi connectivity index (χ2v) is 6.13. The quantitative estimate of drug-likeness (QED) is 0.822. The first-order valence-electron chi connectivity index (χ1n) is 8.79. The Labute approximate surface area is 144 Å². The van der Waals surface area contributed by atoms with Gasteiger partial charge in [-0.25, -0.2) is 4.98 Å². The van der Waals surface area contributed by atoms with Gasteiger partial charge in [0.15, 0.2) is 0 Å². The highest BCUT2D eigenvalue weighted by atomic mass is 16.5. The lowest BCUT2D eigenvalue weighted by Gasteiger charge is -2.21. The fourth-order valence-corrected chi connectivity index (χ4v) is 2.98. The van der Waals surface area contributed by atoms with Crippen LogP contribution in [0.3, 0.4) is 0 Å². The van der Waals surface area contributed by atoms with Crippen LogP contribution in [0, 0.1) is 0 Å². The number of hydrogen-bond acceptors (Lipinski definition) is 5. The van der Waals surface area contributed by atoms with Crippen molar-refractivity contribution in [2.75, 3.05) is 43.6 Å². The molecule has 0 unspecified atom stereocenters. The molecule has 1 aromatic carbocycles. The van der Waals surface area contributed by atoms with Crippen molar-refractivity contribution in [2.45, 2.75) is 25.7 Å². The summed E-state index contributed by atoms with van der Waals surface area (Å²) in [6.45, 7) is 3.47. The first kappa shape index (κ1) is 16.7. The number of rotatable bonds is 6. The van der Waals surface area contributed by atoms with Crippen molar-refractivity contribution in [1.29, 1.82) is 0 Å². The maximum atomic E-state index is 5.13. The number of aromatic nitrogens is 2. The summed E-state index contributed by atoms with van der Waals surface area (Å²) in [7, 11) is 1.71. The second-order valence-electron chi connectivity index (χ2n) is 6.13. The van der Waals surface area contributed by atoms with Gasteiger partial charge >= 0.3 is 0 Å². The average molecular weight is 326 g/mol. The Kier molecular flexibility index (Phi) is 6.01. The van der Waals surface area contributed by atoms with Crippen molar-refractivity contribution in [2.24, 2.45) is 0 Å². The smallest absolute Gasteiger partial charge is 0.227 e. The molecule has 0 amide bonds. The molecule has 1 aromatic heterocycles. The molecule has 1 fully saturated rings. The Balaban J connectivity index is 1.89. The van der Waals surface area contributed by atoms with E-state index in [9.17, 15) is 0 Å². The molecule has 24 heavy (non-hydrogen) atoms.